The fourth-order valence-electron chi connectivity index (χ4n) is 1.58. The average Bonchev–Trinajstić information content (AvgIpc) is 2.95. The van der Waals surface area contributed by atoms with Crippen molar-refractivity contribution in [3.8, 4) is 0 Å². The number of aromatic nitrogens is 5. The lowest BCUT2D eigenvalue weighted by atomic mass is 10.3. The molecule has 2 heterocycles. The van der Waals surface area contributed by atoms with E-state index in [1.54, 1.807) is 13.1 Å². The van der Waals surface area contributed by atoms with Crippen LogP contribution < -0.4 is 5.73 Å². The van der Waals surface area contributed by atoms with Gasteiger partial charge in [-0.2, -0.15) is 4.80 Å². The molecular weight excluding hydrogens is 284 g/mol. The summed E-state index contributed by atoms with van der Waals surface area (Å²) in [6.07, 6.45) is 0. The highest BCUT2D eigenvalue weighted by Gasteiger charge is 2.14. The number of aryl methyl sites for hydroxylation is 1. The van der Waals surface area contributed by atoms with Gasteiger partial charge in [0.25, 0.3) is 0 Å². The Bertz CT molecular complexity index is 764. The van der Waals surface area contributed by atoms with Gasteiger partial charge in [-0.1, -0.05) is 0 Å². The van der Waals surface area contributed by atoms with Crippen LogP contribution in [0.15, 0.2) is 22.5 Å². The second-order valence-corrected chi connectivity index (χ2v) is 6.55. The first-order chi connectivity index (χ1) is 9.11. The molecule has 1 atom stereocenters. The summed E-state index contributed by atoms with van der Waals surface area (Å²) in [7, 11) is 0.394. The molecule has 98 valence electrons. The number of tetrazole rings is 1. The Hall–Kier alpha value is -1.87. The van der Waals surface area contributed by atoms with Crippen LogP contribution in [0.2, 0.25) is 0 Å². The highest BCUT2D eigenvalue weighted by molar-refractivity contribution is 7.86. The lowest BCUT2D eigenvalue weighted by molar-refractivity contribution is 0.628. The van der Waals surface area contributed by atoms with Crippen molar-refractivity contribution in [2.75, 3.05) is 5.73 Å². The van der Waals surface area contributed by atoms with Crippen molar-refractivity contribution in [2.24, 2.45) is 7.05 Å². The number of nitrogens with two attached hydrogens (primary N) is 1. The molecule has 0 bridgehead atoms. The standard InChI is InChI=1S/C10H10N6OS2/c1-16-14-9(13-15-16)5-19(17)10-12-7-3-2-6(11)4-8(7)18-10/h2-4H,5,11H2,1H3. The minimum atomic E-state index is -1.27. The van der Waals surface area contributed by atoms with Crippen LogP contribution in [0.4, 0.5) is 5.69 Å². The summed E-state index contributed by atoms with van der Waals surface area (Å²) in [4.78, 5) is 5.68. The number of hydrogen-bond acceptors (Lipinski definition) is 7. The van der Waals surface area contributed by atoms with Crippen LogP contribution in [0.3, 0.4) is 0 Å². The minimum Gasteiger partial charge on any atom is -0.399 e. The molecule has 0 aliphatic carbocycles. The maximum Gasteiger partial charge on any atom is 0.187 e. The Kier molecular flexibility index (Phi) is 2.99. The molecule has 3 aromatic rings. The van der Waals surface area contributed by atoms with Gasteiger partial charge in [-0.3, -0.25) is 4.21 Å². The van der Waals surface area contributed by atoms with E-state index in [9.17, 15) is 4.21 Å². The van der Waals surface area contributed by atoms with E-state index in [1.807, 2.05) is 12.1 Å². The number of anilines is 1. The number of hydrogen-bond donors (Lipinski definition) is 1. The Balaban J connectivity index is 1.89. The average molecular weight is 294 g/mol. The van der Waals surface area contributed by atoms with Crippen molar-refractivity contribution >= 4 is 38.0 Å². The second kappa shape index (κ2) is 4.67. The van der Waals surface area contributed by atoms with Gasteiger partial charge in [0.05, 0.1) is 33.8 Å². The topological polar surface area (TPSA) is 99.6 Å². The van der Waals surface area contributed by atoms with Crippen LogP contribution in [-0.4, -0.2) is 29.4 Å². The third-order valence-electron chi connectivity index (χ3n) is 2.40. The molecule has 0 aliphatic rings. The van der Waals surface area contributed by atoms with Crippen molar-refractivity contribution in [1.82, 2.24) is 25.2 Å². The molecular formula is C10H10N6OS2. The predicted octanol–water partition coefficient (Wildman–Crippen LogP) is 0.710. The number of fused-ring (bicyclic) bond motifs is 1. The minimum absolute atomic E-state index is 0.211. The normalized spacial score (nSPS) is 12.9. The summed E-state index contributed by atoms with van der Waals surface area (Å²) in [5.74, 6) is 0.656. The fraction of sp³-hybridized carbons (Fsp3) is 0.200. The van der Waals surface area contributed by atoms with E-state index in [4.69, 9.17) is 5.73 Å². The zero-order valence-electron chi connectivity index (χ0n) is 9.98. The van der Waals surface area contributed by atoms with Gasteiger partial charge in [0.2, 0.25) is 0 Å². The van der Waals surface area contributed by atoms with Crippen LogP contribution in [-0.2, 0) is 23.6 Å². The Morgan fingerprint density at radius 1 is 1.47 bits per heavy atom. The fourth-order valence-corrected chi connectivity index (χ4v) is 3.81. The van der Waals surface area contributed by atoms with Crippen molar-refractivity contribution in [3.63, 3.8) is 0 Å². The zero-order chi connectivity index (χ0) is 13.4. The molecule has 0 spiro atoms. The van der Waals surface area contributed by atoms with Gasteiger partial charge in [-0.15, -0.1) is 21.5 Å². The van der Waals surface area contributed by atoms with Crippen molar-refractivity contribution in [3.05, 3.63) is 24.0 Å². The molecule has 1 aromatic carbocycles. The van der Waals surface area contributed by atoms with Gasteiger partial charge in [0, 0.05) is 5.69 Å². The van der Waals surface area contributed by atoms with Gasteiger partial charge in [-0.25, -0.2) is 4.98 Å². The van der Waals surface area contributed by atoms with Crippen molar-refractivity contribution in [2.45, 2.75) is 10.1 Å². The first kappa shape index (κ1) is 12.2. The molecule has 0 fully saturated rings. The third-order valence-corrected chi connectivity index (χ3v) is 5.02. The molecule has 2 N–H and O–H groups in total. The van der Waals surface area contributed by atoms with Gasteiger partial charge < -0.3 is 5.73 Å². The summed E-state index contributed by atoms with van der Waals surface area (Å²) in [5, 5.41) is 11.5. The first-order valence-corrected chi connectivity index (χ1v) is 7.53. The quantitative estimate of drug-likeness (QED) is 0.714. The number of rotatable bonds is 3. The largest absolute Gasteiger partial charge is 0.399 e. The van der Waals surface area contributed by atoms with E-state index < -0.39 is 10.8 Å². The monoisotopic (exact) mass is 294 g/mol. The van der Waals surface area contributed by atoms with E-state index in [-0.39, 0.29) is 5.75 Å². The molecule has 9 heteroatoms. The number of nitrogens with zero attached hydrogens (tertiary/aromatic N) is 5. The van der Waals surface area contributed by atoms with Crippen LogP contribution in [0, 0.1) is 0 Å². The SMILES string of the molecule is Cn1nnc(CS(=O)c2nc3ccc(N)cc3s2)n1. The lowest BCUT2D eigenvalue weighted by Crippen LogP contribution is -1.99. The van der Waals surface area contributed by atoms with Crippen LogP contribution in [0.1, 0.15) is 5.82 Å². The number of thiazole rings is 1. The van der Waals surface area contributed by atoms with E-state index >= 15 is 0 Å². The Morgan fingerprint density at radius 3 is 3.05 bits per heavy atom. The molecule has 7 nitrogen and oxygen atoms in total. The third kappa shape index (κ3) is 2.47. The summed E-state index contributed by atoms with van der Waals surface area (Å²) in [6, 6.07) is 5.43. The van der Waals surface area contributed by atoms with Crippen LogP contribution >= 0.6 is 11.3 Å². The van der Waals surface area contributed by atoms with Crippen LogP contribution in [0.25, 0.3) is 10.2 Å². The van der Waals surface area contributed by atoms with Gasteiger partial charge in [0.15, 0.2) is 10.2 Å². The van der Waals surface area contributed by atoms with E-state index in [0.29, 0.717) is 15.9 Å². The number of benzene rings is 1. The van der Waals surface area contributed by atoms with Gasteiger partial charge in [0.1, 0.15) is 0 Å². The Labute approximate surface area is 114 Å². The maximum atomic E-state index is 12.2. The molecule has 0 saturated heterocycles. The highest BCUT2D eigenvalue weighted by atomic mass is 32.2. The molecule has 1 unspecified atom stereocenters. The van der Waals surface area contributed by atoms with Gasteiger partial charge >= 0.3 is 0 Å². The molecule has 3 rings (SSSR count). The summed E-state index contributed by atoms with van der Waals surface area (Å²) in [5.41, 5.74) is 7.18. The van der Waals surface area contributed by atoms with Gasteiger partial charge in [-0.05, 0) is 23.4 Å². The van der Waals surface area contributed by atoms with E-state index in [0.717, 1.165) is 10.2 Å². The predicted molar refractivity (Wildman–Crippen MR) is 72.9 cm³/mol. The molecule has 0 radical (unpaired) electrons. The highest BCUT2D eigenvalue weighted by Crippen LogP contribution is 2.26. The molecule has 19 heavy (non-hydrogen) atoms. The Morgan fingerprint density at radius 2 is 2.32 bits per heavy atom. The first-order valence-electron chi connectivity index (χ1n) is 5.39. The summed E-state index contributed by atoms with van der Waals surface area (Å²) < 4.78 is 13.7. The molecule has 0 aliphatic heterocycles. The van der Waals surface area contributed by atoms with Crippen molar-refractivity contribution < 1.29 is 4.21 Å². The molecule has 2 aromatic heterocycles. The second-order valence-electron chi connectivity index (χ2n) is 3.89. The van der Waals surface area contributed by atoms with Crippen LogP contribution in [0.5, 0.6) is 0 Å². The number of nitrogen functional groups attached to an aromatic ring is 1. The summed E-state index contributed by atoms with van der Waals surface area (Å²) in [6.45, 7) is 0. The maximum absolute atomic E-state index is 12.2. The smallest absolute Gasteiger partial charge is 0.187 e. The van der Waals surface area contributed by atoms with E-state index in [2.05, 4.69) is 20.4 Å². The summed E-state index contributed by atoms with van der Waals surface area (Å²) >= 11 is 1.37. The van der Waals surface area contributed by atoms with E-state index in [1.165, 1.54) is 16.1 Å². The molecule has 0 amide bonds. The van der Waals surface area contributed by atoms with Crippen molar-refractivity contribution in [1.29, 1.82) is 0 Å². The zero-order valence-corrected chi connectivity index (χ0v) is 11.6. The lowest BCUT2D eigenvalue weighted by Gasteiger charge is -1.91. The molecule has 0 saturated carbocycles.